The van der Waals surface area contributed by atoms with Gasteiger partial charge < -0.3 is 5.11 Å². The first kappa shape index (κ1) is 15.6. The Labute approximate surface area is 140 Å². The zero-order valence-corrected chi connectivity index (χ0v) is 15.3. The van der Waals surface area contributed by atoms with E-state index in [0.717, 1.165) is 35.8 Å². The zero-order chi connectivity index (χ0) is 15.5. The molecule has 0 aromatic carbocycles. The van der Waals surface area contributed by atoms with Crippen LogP contribution in [0.3, 0.4) is 0 Å². The largest absolute Gasteiger partial charge is 0.393 e. The van der Waals surface area contributed by atoms with E-state index in [1.54, 1.807) is 5.57 Å². The molecule has 7 atom stereocenters. The summed E-state index contributed by atoms with van der Waals surface area (Å²) in [6.45, 7) is 5.14. The molecule has 0 aliphatic heterocycles. The molecule has 0 heterocycles. The van der Waals surface area contributed by atoms with Gasteiger partial charge in [-0.05, 0) is 86.2 Å². The number of thioether (sulfide) groups is 1. The van der Waals surface area contributed by atoms with Gasteiger partial charge >= 0.3 is 0 Å². The molecule has 124 valence electrons. The minimum Gasteiger partial charge on any atom is -0.393 e. The predicted molar refractivity (Wildman–Crippen MR) is 95.0 cm³/mol. The van der Waals surface area contributed by atoms with Gasteiger partial charge in [-0.2, -0.15) is 11.8 Å². The summed E-state index contributed by atoms with van der Waals surface area (Å²) in [6, 6.07) is 0. The molecule has 3 saturated carbocycles. The molecule has 0 radical (unpaired) electrons. The fourth-order valence-corrected chi connectivity index (χ4v) is 8.18. The second-order valence-corrected chi connectivity index (χ2v) is 10.0. The molecule has 7 unspecified atom stereocenters. The second-order valence-electron chi connectivity index (χ2n) is 9.00. The van der Waals surface area contributed by atoms with Crippen molar-refractivity contribution in [2.24, 2.45) is 28.6 Å². The van der Waals surface area contributed by atoms with Crippen molar-refractivity contribution in [3.8, 4) is 0 Å². The maximum absolute atomic E-state index is 10.1. The Morgan fingerprint density at radius 2 is 1.91 bits per heavy atom. The molecule has 2 heteroatoms. The van der Waals surface area contributed by atoms with Gasteiger partial charge in [-0.25, -0.2) is 0 Å². The van der Waals surface area contributed by atoms with Crippen molar-refractivity contribution < 1.29 is 5.11 Å². The number of aliphatic hydroxyl groups is 1. The summed E-state index contributed by atoms with van der Waals surface area (Å²) in [5.41, 5.74) is 2.60. The van der Waals surface area contributed by atoms with Crippen molar-refractivity contribution >= 4 is 11.8 Å². The highest BCUT2D eigenvalue weighted by Gasteiger charge is 2.58. The highest BCUT2D eigenvalue weighted by atomic mass is 32.2. The third-order valence-corrected chi connectivity index (χ3v) is 9.62. The molecule has 0 spiro atoms. The van der Waals surface area contributed by atoms with E-state index in [9.17, 15) is 5.11 Å². The van der Waals surface area contributed by atoms with E-state index in [1.807, 2.05) is 0 Å². The summed E-state index contributed by atoms with van der Waals surface area (Å²) in [7, 11) is 0. The van der Waals surface area contributed by atoms with Gasteiger partial charge in [0.05, 0.1) is 6.10 Å². The van der Waals surface area contributed by atoms with Crippen molar-refractivity contribution in [3.05, 3.63) is 11.6 Å². The normalized spacial score (nSPS) is 54.2. The minimum atomic E-state index is -0.0721. The Hall–Kier alpha value is 0.0500. The maximum Gasteiger partial charge on any atom is 0.0577 e. The highest BCUT2D eigenvalue weighted by molar-refractivity contribution is 7.99. The first-order chi connectivity index (χ1) is 10.5. The smallest absolute Gasteiger partial charge is 0.0577 e. The first-order valence-corrected chi connectivity index (χ1v) is 10.7. The summed E-state index contributed by atoms with van der Waals surface area (Å²) in [5.74, 6) is 2.75. The lowest BCUT2D eigenvalue weighted by Gasteiger charge is -2.58. The van der Waals surface area contributed by atoms with Crippen molar-refractivity contribution in [3.63, 3.8) is 0 Å². The third kappa shape index (κ3) is 2.02. The van der Waals surface area contributed by atoms with Crippen LogP contribution in [-0.4, -0.2) is 22.7 Å². The van der Waals surface area contributed by atoms with Crippen molar-refractivity contribution in [1.29, 1.82) is 0 Å². The molecule has 0 amide bonds. The summed E-state index contributed by atoms with van der Waals surface area (Å²) < 4.78 is 0. The molecule has 22 heavy (non-hydrogen) atoms. The SMILES string of the molecule is CSC1CCC2C3CC=C4CC(O)CCC4(C)C3CCC12C. The van der Waals surface area contributed by atoms with Gasteiger partial charge in [0.15, 0.2) is 0 Å². The van der Waals surface area contributed by atoms with Crippen LogP contribution in [0.15, 0.2) is 11.6 Å². The Balaban J connectivity index is 1.66. The summed E-state index contributed by atoms with van der Waals surface area (Å²) >= 11 is 2.13. The average molecular weight is 321 g/mol. The molecule has 0 aromatic rings. The summed E-state index contributed by atoms with van der Waals surface area (Å²) in [5, 5.41) is 11.0. The molecule has 4 aliphatic rings. The van der Waals surface area contributed by atoms with E-state index in [2.05, 4.69) is 37.9 Å². The molecular weight excluding hydrogens is 288 g/mol. The predicted octanol–water partition coefficient (Wildman–Crippen LogP) is 5.04. The summed E-state index contributed by atoms with van der Waals surface area (Å²) in [4.78, 5) is 0. The molecule has 3 fully saturated rings. The Morgan fingerprint density at radius 1 is 1.09 bits per heavy atom. The molecular formula is C20H32OS. The van der Waals surface area contributed by atoms with Crippen LogP contribution in [0.25, 0.3) is 0 Å². The monoisotopic (exact) mass is 320 g/mol. The lowest BCUT2D eigenvalue weighted by molar-refractivity contribution is -0.0346. The number of hydrogen-bond acceptors (Lipinski definition) is 2. The quantitative estimate of drug-likeness (QED) is 0.683. The lowest BCUT2D eigenvalue weighted by Crippen LogP contribution is -2.50. The molecule has 1 N–H and O–H groups in total. The number of hydrogen-bond donors (Lipinski definition) is 1. The fourth-order valence-electron chi connectivity index (χ4n) is 6.98. The third-order valence-electron chi connectivity index (χ3n) is 8.28. The van der Waals surface area contributed by atoms with Crippen LogP contribution in [0.1, 0.15) is 65.2 Å². The second kappa shape index (κ2) is 5.28. The van der Waals surface area contributed by atoms with Gasteiger partial charge in [0, 0.05) is 5.25 Å². The van der Waals surface area contributed by atoms with E-state index < -0.39 is 0 Å². The van der Waals surface area contributed by atoms with Crippen LogP contribution in [-0.2, 0) is 0 Å². The van der Waals surface area contributed by atoms with Crippen molar-refractivity contribution in [2.75, 3.05) is 6.26 Å². The van der Waals surface area contributed by atoms with Crippen LogP contribution < -0.4 is 0 Å². The first-order valence-electron chi connectivity index (χ1n) is 9.39. The molecule has 4 aliphatic carbocycles. The molecule has 0 aromatic heterocycles. The van der Waals surface area contributed by atoms with E-state index >= 15 is 0 Å². The van der Waals surface area contributed by atoms with Crippen molar-refractivity contribution in [2.45, 2.75) is 76.6 Å². The lowest BCUT2D eigenvalue weighted by atomic mass is 9.48. The van der Waals surface area contributed by atoms with E-state index in [4.69, 9.17) is 0 Å². The average Bonchev–Trinajstić information content (AvgIpc) is 2.84. The van der Waals surface area contributed by atoms with Crippen LogP contribution in [0.2, 0.25) is 0 Å². The van der Waals surface area contributed by atoms with E-state index in [-0.39, 0.29) is 6.10 Å². The standard InChI is InChI=1S/C20H32OS/c1-19-10-8-14(21)12-13(19)4-5-15-16-6-7-18(22-3)20(16,2)11-9-17(15)19/h4,14-18,21H,5-12H2,1-3H3. The van der Waals surface area contributed by atoms with Crippen LogP contribution in [0.5, 0.6) is 0 Å². The van der Waals surface area contributed by atoms with Gasteiger partial charge in [-0.15, -0.1) is 0 Å². The Kier molecular flexibility index (Phi) is 3.73. The van der Waals surface area contributed by atoms with Gasteiger partial charge in [0.2, 0.25) is 0 Å². The summed E-state index contributed by atoms with van der Waals surface area (Å²) in [6.07, 6.45) is 15.1. The van der Waals surface area contributed by atoms with Gasteiger partial charge in [0.25, 0.3) is 0 Å². The molecule has 0 saturated heterocycles. The topological polar surface area (TPSA) is 20.2 Å². The van der Waals surface area contributed by atoms with Crippen LogP contribution in [0.4, 0.5) is 0 Å². The molecule has 0 bridgehead atoms. The van der Waals surface area contributed by atoms with Gasteiger partial charge in [0.1, 0.15) is 0 Å². The Morgan fingerprint density at radius 3 is 2.68 bits per heavy atom. The van der Waals surface area contributed by atoms with Crippen LogP contribution in [0, 0.1) is 28.6 Å². The number of allylic oxidation sites excluding steroid dienone is 1. The van der Waals surface area contributed by atoms with E-state index in [1.165, 1.54) is 38.5 Å². The molecule has 4 rings (SSSR count). The van der Waals surface area contributed by atoms with E-state index in [0.29, 0.717) is 10.8 Å². The van der Waals surface area contributed by atoms with Crippen LogP contribution >= 0.6 is 11.8 Å². The van der Waals surface area contributed by atoms with Crippen molar-refractivity contribution in [1.82, 2.24) is 0 Å². The number of fused-ring (bicyclic) bond motifs is 5. The minimum absolute atomic E-state index is 0.0721. The molecule has 1 nitrogen and oxygen atoms in total. The maximum atomic E-state index is 10.1. The van der Waals surface area contributed by atoms with Gasteiger partial charge in [-0.1, -0.05) is 25.5 Å². The zero-order valence-electron chi connectivity index (χ0n) is 14.5. The number of rotatable bonds is 1. The number of aliphatic hydroxyl groups excluding tert-OH is 1. The Bertz CT molecular complexity index is 486. The highest BCUT2D eigenvalue weighted by Crippen LogP contribution is 2.66. The van der Waals surface area contributed by atoms with Gasteiger partial charge in [-0.3, -0.25) is 0 Å². The fraction of sp³-hybridized carbons (Fsp3) is 0.900.